The third-order valence-electron chi connectivity index (χ3n) is 2.96. The summed E-state index contributed by atoms with van der Waals surface area (Å²) in [6, 6.07) is 1.28. The second-order valence-electron chi connectivity index (χ2n) is 3.44. The molecule has 0 bridgehead atoms. The normalized spacial score (nSPS) is 45.1. The SMILES string of the molecule is CN[C@@H](C)C1C(C)C2=NC21. The highest BCUT2D eigenvalue weighted by Gasteiger charge is 2.54. The zero-order chi connectivity index (χ0) is 7.30. The van der Waals surface area contributed by atoms with E-state index in [0.29, 0.717) is 12.1 Å². The van der Waals surface area contributed by atoms with Crippen LogP contribution in [0.4, 0.5) is 0 Å². The second kappa shape index (κ2) is 1.82. The molecule has 0 saturated heterocycles. The van der Waals surface area contributed by atoms with Gasteiger partial charge in [-0.05, 0) is 14.0 Å². The molecule has 1 aliphatic heterocycles. The maximum Gasteiger partial charge on any atom is 0.0928 e. The van der Waals surface area contributed by atoms with Crippen molar-refractivity contribution in [2.24, 2.45) is 16.8 Å². The van der Waals surface area contributed by atoms with E-state index in [9.17, 15) is 0 Å². The van der Waals surface area contributed by atoms with Crippen LogP contribution in [0.15, 0.2) is 4.99 Å². The predicted molar refractivity (Wildman–Crippen MR) is 42.4 cm³/mol. The summed E-state index contributed by atoms with van der Waals surface area (Å²) < 4.78 is 0. The number of nitrogens with zero attached hydrogens (tertiary/aromatic N) is 1. The van der Waals surface area contributed by atoms with Crippen molar-refractivity contribution in [3.63, 3.8) is 0 Å². The quantitative estimate of drug-likeness (QED) is 0.596. The average molecular weight is 138 g/mol. The molecule has 0 radical (unpaired) electrons. The number of hydrogen-bond acceptors (Lipinski definition) is 2. The zero-order valence-electron chi connectivity index (χ0n) is 6.76. The molecule has 10 heavy (non-hydrogen) atoms. The number of rotatable bonds is 2. The van der Waals surface area contributed by atoms with Crippen molar-refractivity contribution in [2.75, 3.05) is 7.05 Å². The molecule has 1 aliphatic carbocycles. The average Bonchev–Trinajstić information content (AvgIpc) is 2.63. The molecular formula is C8H14N2. The Morgan fingerprint density at radius 2 is 2.30 bits per heavy atom. The maximum absolute atomic E-state index is 4.37. The molecule has 0 aromatic carbocycles. The minimum absolute atomic E-state index is 0.634. The molecule has 0 aromatic rings. The standard InChI is InChI=1S/C8H14N2/c1-4-6(5(2)9-3)8-7(4)10-8/h4-6,8-9H,1-3H3/t4?,5-,6?,8?/m0/s1. The summed E-state index contributed by atoms with van der Waals surface area (Å²) in [5.41, 5.74) is 1.46. The first kappa shape index (κ1) is 6.35. The van der Waals surface area contributed by atoms with Gasteiger partial charge in [0.1, 0.15) is 0 Å². The van der Waals surface area contributed by atoms with Crippen molar-refractivity contribution >= 4 is 5.71 Å². The summed E-state index contributed by atoms with van der Waals surface area (Å²) in [6.07, 6.45) is 0. The lowest BCUT2D eigenvalue weighted by molar-refractivity contribution is 0.306. The van der Waals surface area contributed by atoms with Crippen LogP contribution in [0.1, 0.15) is 13.8 Å². The number of nitrogens with one attached hydrogen (secondary N) is 1. The van der Waals surface area contributed by atoms with Crippen LogP contribution in [0.3, 0.4) is 0 Å². The maximum atomic E-state index is 4.37. The van der Waals surface area contributed by atoms with E-state index < -0.39 is 0 Å². The van der Waals surface area contributed by atoms with Gasteiger partial charge in [0.2, 0.25) is 0 Å². The lowest BCUT2D eigenvalue weighted by atomic mass is 9.71. The fourth-order valence-corrected chi connectivity index (χ4v) is 2.04. The van der Waals surface area contributed by atoms with Crippen LogP contribution in [-0.4, -0.2) is 24.8 Å². The molecule has 1 N–H and O–H groups in total. The van der Waals surface area contributed by atoms with E-state index >= 15 is 0 Å². The fourth-order valence-electron chi connectivity index (χ4n) is 2.04. The molecular weight excluding hydrogens is 124 g/mol. The minimum Gasteiger partial charge on any atom is -0.317 e. The highest BCUT2D eigenvalue weighted by Crippen LogP contribution is 2.45. The summed E-state index contributed by atoms with van der Waals surface area (Å²) in [6.45, 7) is 4.52. The minimum atomic E-state index is 0.634. The first-order valence-corrected chi connectivity index (χ1v) is 4.00. The van der Waals surface area contributed by atoms with E-state index in [1.165, 1.54) is 5.71 Å². The van der Waals surface area contributed by atoms with E-state index in [1.807, 2.05) is 7.05 Å². The van der Waals surface area contributed by atoms with Gasteiger partial charge < -0.3 is 5.32 Å². The molecule has 0 aromatic heterocycles. The van der Waals surface area contributed by atoms with E-state index in [1.54, 1.807) is 0 Å². The molecule has 0 spiro atoms. The Morgan fingerprint density at radius 3 is 2.70 bits per heavy atom. The molecule has 3 unspecified atom stereocenters. The van der Waals surface area contributed by atoms with Gasteiger partial charge in [0.25, 0.3) is 0 Å². The smallest absolute Gasteiger partial charge is 0.0928 e. The first-order valence-electron chi connectivity index (χ1n) is 4.00. The Balaban J connectivity index is 1.96. The number of aliphatic imine (C=N–C) groups is 1. The van der Waals surface area contributed by atoms with Gasteiger partial charge in [-0.1, -0.05) is 6.92 Å². The van der Waals surface area contributed by atoms with Crippen LogP contribution in [0.2, 0.25) is 0 Å². The molecule has 1 fully saturated rings. The fraction of sp³-hybridized carbons (Fsp3) is 0.875. The third-order valence-corrected chi connectivity index (χ3v) is 2.96. The van der Waals surface area contributed by atoms with Crippen LogP contribution >= 0.6 is 0 Å². The summed E-state index contributed by atoms with van der Waals surface area (Å²) in [5.74, 6) is 1.55. The van der Waals surface area contributed by atoms with E-state index in [-0.39, 0.29) is 0 Å². The van der Waals surface area contributed by atoms with E-state index in [0.717, 1.165) is 11.8 Å². The van der Waals surface area contributed by atoms with E-state index in [4.69, 9.17) is 0 Å². The molecule has 0 amide bonds. The summed E-state index contributed by atoms with van der Waals surface area (Å²) in [4.78, 5) is 4.37. The van der Waals surface area contributed by atoms with Crippen molar-refractivity contribution in [2.45, 2.75) is 25.9 Å². The highest BCUT2D eigenvalue weighted by atomic mass is 15.1. The molecule has 1 heterocycles. The summed E-state index contributed by atoms with van der Waals surface area (Å²) in [5, 5.41) is 3.28. The molecule has 2 heteroatoms. The van der Waals surface area contributed by atoms with Gasteiger partial charge in [-0.15, -0.1) is 0 Å². The zero-order valence-corrected chi connectivity index (χ0v) is 6.76. The molecule has 1 saturated carbocycles. The highest BCUT2D eigenvalue weighted by molar-refractivity contribution is 6.08. The van der Waals surface area contributed by atoms with Gasteiger partial charge in [-0.2, -0.15) is 0 Å². The Kier molecular flexibility index (Phi) is 1.15. The number of hydrogen-bond donors (Lipinski definition) is 1. The summed E-state index contributed by atoms with van der Waals surface area (Å²) in [7, 11) is 2.03. The lowest BCUT2D eigenvalue weighted by Crippen LogP contribution is -2.48. The van der Waals surface area contributed by atoms with Crippen LogP contribution in [0, 0.1) is 11.8 Å². The second-order valence-corrected chi connectivity index (χ2v) is 3.44. The Labute approximate surface area is 61.7 Å². The lowest BCUT2D eigenvalue weighted by Gasteiger charge is -2.34. The van der Waals surface area contributed by atoms with Crippen molar-refractivity contribution in [3.05, 3.63) is 0 Å². The van der Waals surface area contributed by atoms with Gasteiger partial charge in [0, 0.05) is 23.6 Å². The summed E-state index contributed by atoms with van der Waals surface area (Å²) >= 11 is 0. The molecule has 56 valence electrons. The van der Waals surface area contributed by atoms with Gasteiger partial charge >= 0.3 is 0 Å². The Morgan fingerprint density at radius 1 is 1.60 bits per heavy atom. The Hall–Kier alpha value is -0.370. The van der Waals surface area contributed by atoms with Crippen LogP contribution in [0.5, 0.6) is 0 Å². The topological polar surface area (TPSA) is 24.4 Å². The molecule has 2 rings (SSSR count). The number of fused-ring (bicyclic) bond motifs is 1. The van der Waals surface area contributed by atoms with Crippen LogP contribution < -0.4 is 5.32 Å². The monoisotopic (exact) mass is 138 g/mol. The largest absolute Gasteiger partial charge is 0.317 e. The van der Waals surface area contributed by atoms with Crippen molar-refractivity contribution in [1.29, 1.82) is 0 Å². The third kappa shape index (κ3) is 0.601. The van der Waals surface area contributed by atoms with Crippen molar-refractivity contribution in [1.82, 2.24) is 5.32 Å². The van der Waals surface area contributed by atoms with Gasteiger partial charge in [0.05, 0.1) is 6.04 Å². The molecule has 2 aliphatic rings. The van der Waals surface area contributed by atoms with Gasteiger partial charge in [0.15, 0.2) is 0 Å². The van der Waals surface area contributed by atoms with Crippen LogP contribution in [0.25, 0.3) is 0 Å². The van der Waals surface area contributed by atoms with Crippen molar-refractivity contribution < 1.29 is 0 Å². The molecule has 4 atom stereocenters. The first-order chi connectivity index (χ1) is 4.75. The van der Waals surface area contributed by atoms with Crippen molar-refractivity contribution in [3.8, 4) is 0 Å². The predicted octanol–water partition coefficient (Wildman–Crippen LogP) is 0.683. The van der Waals surface area contributed by atoms with Gasteiger partial charge in [-0.3, -0.25) is 4.99 Å². The molecule has 2 nitrogen and oxygen atoms in total. The Bertz CT molecular complexity index is 186. The van der Waals surface area contributed by atoms with Gasteiger partial charge in [-0.25, -0.2) is 0 Å². The van der Waals surface area contributed by atoms with Crippen LogP contribution in [-0.2, 0) is 0 Å². The van der Waals surface area contributed by atoms with E-state index in [2.05, 4.69) is 24.2 Å².